The second-order valence-electron chi connectivity index (χ2n) is 1.73. The summed E-state index contributed by atoms with van der Waals surface area (Å²) >= 11 is 2.95. The number of rotatable bonds is 2. The molecule has 1 aromatic rings. The highest BCUT2D eigenvalue weighted by Crippen LogP contribution is 2.23. The Morgan fingerprint density at radius 3 is 2.73 bits per heavy atom. The van der Waals surface area contributed by atoms with E-state index in [2.05, 4.69) is 32.0 Å². The fraction of sp³-hybridized carbons (Fsp3) is 0.400. The van der Waals surface area contributed by atoms with E-state index in [0.717, 1.165) is 4.68 Å². The van der Waals surface area contributed by atoms with Gasteiger partial charge in [-0.2, -0.15) is 13.9 Å². The predicted molar refractivity (Wildman–Crippen MR) is 36.4 cm³/mol. The van der Waals surface area contributed by atoms with Gasteiger partial charge in [-0.15, -0.1) is 0 Å². The molecule has 1 radical (unpaired) electrons. The summed E-state index contributed by atoms with van der Waals surface area (Å²) in [5.74, 6) is -0.0278. The van der Waals surface area contributed by atoms with Crippen molar-refractivity contribution in [3.05, 3.63) is 10.7 Å². The van der Waals surface area contributed by atoms with Gasteiger partial charge in [-0.1, -0.05) is 0 Å². The summed E-state index contributed by atoms with van der Waals surface area (Å²) in [6, 6.07) is 0. The maximum atomic E-state index is 11.7. The van der Waals surface area contributed by atoms with Crippen LogP contribution in [0.15, 0.2) is 4.47 Å². The zero-order chi connectivity index (χ0) is 8.43. The molecular formula is C5H4BrF2N2O. The third-order valence-corrected chi connectivity index (χ3v) is 1.50. The monoisotopic (exact) mass is 225 g/mol. The average molecular weight is 226 g/mol. The number of alkyl halides is 2. The lowest BCUT2D eigenvalue weighted by Crippen LogP contribution is -2.06. The Labute approximate surface area is 70.1 Å². The molecule has 6 heteroatoms. The summed E-state index contributed by atoms with van der Waals surface area (Å²) in [4.78, 5) is 0. The minimum atomic E-state index is -2.84. The molecule has 0 unspecified atom stereocenters. The minimum Gasteiger partial charge on any atom is -0.416 e. The van der Waals surface area contributed by atoms with Crippen LogP contribution in [0.25, 0.3) is 0 Å². The summed E-state index contributed by atoms with van der Waals surface area (Å²) in [5, 5.41) is 3.56. The van der Waals surface area contributed by atoms with Crippen LogP contribution in [-0.2, 0) is 7.05 Å². The van der Waals surface area contributed by atoms with Crippen LogP contribution in [0.2, 0.25) is 0 Å². The number of aryl methyl sites for hydroxylation is 1. The molecule has 0 saturated heterocycles. The van der Waals surface area contributed by atoms with Crippen LogP contribution in [0.1, 0.15) is 0 Å². The van der Waals surface area contributed by atoms with Gasteiger partial charge in [-0.05, 0) is 15.9 Å². The molecule has 0 spiro atoms. The summed E-state index contributed by atoms with van der Waals surface area (Å²) in [5.41, 5.74) is 0. The van der Waals surface area contributed by atoms with Crippen LogP contribution >= 0.6 is 15.9 Å². The zero-order valence-electron chi connectivity index (χ0n) is 5.51. The van der Waals surface area contributed by atoms with Gasteiger partial charge < -0.3 is 4.74 Å². The Bertz CT molecular complexity index is 231. The highest BCUT2D eigenvalue weighted by atomic mass is 79.9. The number of halogens is 3. The first-order chi connectivity index (χ1) is 5.11. The number of hydrogen-bond donors (Lipinski definition) is 0. The van der Waals surface area contributed by atoms with E-state index < -0.39 is 6.61 Å². The van der Waals surface area contributed by atoms with Crippen molar-refractivity contribution < 1.29 is 13.5 Å². The van der Waals surface area contributed by atoms with Crippen LogP contribution < -0.4 is 4.74 Å². The van der Waals surface area contributed by atoms with Gasteiger partial charge >= 0.3 is 6.61 Å². The second-order valence-corrected chi connectivity index (χ2v) is 2.53. The van der Waals surface area contributed by atoms with E-state index in [1.807, 2.05) is 0 Å². The van der Waals surface area contributed by atoms with Gasteiger partial charge in [0.15, 0.2) is 0 Å². The van der Waals surface area contributed by atoms with E-state index in [4.69, 9.17) is 0 Å². The summed E-state index contributed by atoms with van der Waals surface area (Å²) in [6.45, 7) is -2.84. The minimum absolute atomic E-state index is 0.0278. The van der Waals surface area contributed by atoms with Gasteiger partial charge in [-0.3, -0.25) is 0 Å². The first-order valence-electron chi connectivity index (χ1n) is 2.66. The molecule has 0 aromatic carbocycles. The van der Waals surface area contributed by atoms with E-state index in [9.17, 15) is 8.78 Å². The van der Waals surface area contributed by atoms with Crippen LogP contribution in [0.4, 0.5) is 8.78 Å². The van der Waals surface area contributed by atoms with Crippen LogP contribution in [0, 0.1) is 6.20 Å². The molecular weight excluding hydrogens is 222 g/mol. The van der Waals surface area contributed by atoms with Gasteiger partial charge in [0.2, 0.25) is 5.88 Å². The lowest BCUT2D eigenvalue weighted by Gasteiger charge is -2.03. The predicted octanol–water partition coefficient (Wildman–Crippen LogP) is 1.58. The molecule has 0 aliphatic rings. The SMILES string of the molecule is Cn1n[c]c(Br)c1OC(F)F. The molecule has 11 heavy (non-hydrogen) atoms. The topological polar surface area (TPSA) is 27.1 Å². The third-order valence-electron chi connectivity index (χ3n) is 0.981. The molecule has 1 rings (SSSR count). The fourth-order valence-corrected chi connectivity index (χ4v) is 0.996. The second kappa shape index (κ2) is 3.17. The molecule has 0 aliphatic heterocycles. The summed E-state index contributed by atoms with van der Waals surface area (Å²) in [7, 11) is 1.49. The van der Waals surface area contributed by atoms with Gasteiger partial charge in [0.05, 0.1) is 0 Å². The Morgan fingerprint density at radius 1 is 1.73 bits per heavy atom. The molecule has 1 heterocycles. The molecule has 0 atom stereocenters. The Hall–Kier alpha value is -0.650. The van der Waals surface area contributed by atoms with Gasteiger partial charge in [0.1, 0.15) is 10.7 Å². The lowest BCUT2D eigenvalue weighted by molar-refractivity contribution is -0.0558. The maximum Gasteiger partial charge on any atom is 0.388 e. The highest BCUT2D eigenvalue weighted by molar-refractivity contribution is 9.10. The van der Waals surface area contributed by atoms with Crippen molar-refractivity contribution in [2.24, 2.45) is 7.05 Å². The standard InChI is InChI=1S/C5H4BrF2N2O/c1-10-4(11-5(7)8)3(6)2-9-10/h5H,1H3. The Morgan fingerprint density at radius 2 is 2.36 bits per heavy atom. The van der Waals surface area contributed by atoms with Crippen LogP contribution in [0.5, 0.6) is 5.88 Å². The number of ether oxygens (including phenoxy) is 1. The quantitative estimate of drug-likeness (QED) is 0.765. The van der Waals surface area contributed by atoms with Crippen molar-refractivity contribution in [2.75, 3.05) is 0 Å². The molecule has 0 saturated carbocycles. The van der Waals surface area contributed by atoms with Crippen molar-refractivity contribution in [3.63, 3.8) is 0 Å². The Balaban J connectivity index is 2.83. The van der Waals surface area contributed by atoms with E-state index in [1.54, 1.807) is 0 Å². The molecule has 0 fully saturated rings. The molecule has 3 nitrogen and oxygen atoms in total. The van der Waals surface area contributed by atoms with Gasteiger partial charge in [0.25, 0.3) is 0 Å². The van der Waals surface area contributed by atoms with Crippen molar-refractivity contribution >= 4 is 15.9 Å². The van der Waals surface area contributed by atoms with E-state index >= 15 is 0 Å². The summed E-state index contributed by atoms with van der Waals surface area (Å²) in [6.07, 6.45) is 2.41. The smallest absolute Gasteiger partial charge is 0.388 e. The summed E-state index contributed by atoms with van der Waals surface area (Å²) < 4.78 is 28.9. The van der Waals surface area contributed by atoms with Gasteiger partial charge in [0, 0.05) is 7.05 Å². The first-order valence-corrected chi connectivity index (χ1v) is 3.45. The molecule has 0 amide bonds. The maximum absolute atomic E-state index is 11.7. The van der Waals surface area contributed by atoms with Crippen molar-refractivity contribution in [1.82, 2.24) is 9.78 Å². The van der Waals surface area contributed by atoms with Crippen LogP contribution in [-0.4, -0.2) is 16.4 Å². The zero-order valence-corrected chi connectivity index (χ0v) is 7.10. The molecule has 0 N–H and O–H groups in total. The van der Waals surface area contributed by atoms with Crippen molar-refractivity contribution in [1.29, 1.82) is 0 Å². The lowest BCUT2D eigenvalue weighted by atomic mass is 10.7. The molecule has 0 bridgehead atoms. The van der Waals surface area contributed by atoms with Gasteiger partial charge in [-0.25, -0.2) is 4.68 Å². The Kier molecular flexibility index (Phi) is 2.43. The van der Waals surface area contributed by atoms with Crippen molar-refractivity contribution in [2.45, 2.75) is 6.61 Å². The molecule has 61 valence electrons. The average Bonchev–Trinajstić information content (AvgIpc) is 2.18. The van der Waals surface area contributed by atoms with Crippen LogP contribution in [0.3, 0.4) is 0 Å². The van der Waals surface area contributed by atoms with E-state index in [1.165, 1.54) is 7.05 Å². The molecule has 1 aromatic heterocycles. The third kappa shape index (κ3) is 1.89. The molecule has 0 aliphatic carbocycles. The van der Waals surface area contributed by atoms with Crippen molar-refractivity contribution in [3.8, 4) is 5.88 Å². The van der Waals surface area contributed by atoms with E-state index in [0.29, 0.717) is 4.47 Å². The number of nitrogens with zero attached hydrogens (tertiary/aromatic N) is 2. The largest absolute Gasteiger partial charge is 0.416 e. The first kappa shape index (κ1) is 8.45. The number of aromatic nitrogens is 2. The number of hydrogen-bond acceptors (Lipinski definition) is 2. The van der Waals surface area contributed by atoms with E-state index in [-0.39, 0.29) is 5.88 Å². The normalized spacial score (nSPS) is 10.6. The fourth-order valence-electron chi connectivity index (χ4n) is 0.567. The highest BCUT2D eigenvalue weighted by Gasteiger charge is 2.12.